The highest BCUT2D eigenvalue weighted by Crippen LogP contribution is 2.31. The topological polar surface area (TPSA) is 81.4 Å². The molecule has 1 amide bonds. The quantitative estimate of drug-likeness (QED) is 0.776. The first-order valence-corrected chi connectivity index (χ1v) is 9.11. The SMILES string of the molecule is Cc1nc2c(C)cccn2c1CC(=O)Nc1nnc(C2CCCO2)s1. The second kappa shape index (κ2) is 6.53. The summed E-state index contributed by atoms with van der Waals surface area (Å²) in [7, 11) is 0. The van der Waals surface area contributed by atoms with Gasteiger partial charge in [-0.1, -0.05) is 17.4 Å². The fraction of sp³-hybridized carbons (Fsp3) is 0.412. The average Bonchev–Trinajstić information content (AvgIpc) is 3.30. The highest BCUT2D eigenvalue weighted by Gasteiger charge is 2.22. The van der Waals surface area contributed by atoms with Crippen LogP contribution >= 0.6 is 11.3 Å². The molecule has 4 rings (SSSR count). The lowest BCUT2D eigenvalue weighted by molar-refractivity contribution is -0.115. The lowest BCUT2D eigenvalue weighted by atomic mass is 10.2. The molecule has 1 unspecified atom stereocenters. The van der Waals surface area contributed by atoms with Crippen LogP contribution in [0, 0.1) is 13.8 Å². The lowest BCUT2D eigenvalue weighted by Gasteiger charge is -2.04. The van der Waals surface area contributed by atoms with Gasteiger partial charge in [-0.05, 0) is 38.3 Å². The Hall–Kier alpha value is -2.32. The summed E-state index contributed by atoms with van der Waals surface area (Å²) in [5, 5.41) is 12.4. The van der Waals surface area contributed by atoms with Crippen molar-refractivity contribution in [3.05, 3.63) is 40.3 Å². The number of fused-ring (bicyclic) bond motifs is 1. The summed E-state index contributed by atoms with van der Waals surface area (Å²) in [4.78, 5) is 17.0. The molecular weight excluding hydrogens is 338 g/mol. The summed E-state index contributed by atoms with van der Waals surface area (Å²) in [5.41, 5.74) is 3.73. The Balaban J connectivity index is 1.49. The number of nitrogens with zero attached hydrogens (tertiary/aromatic N) is 4. The predicted molar refractivity (Wildman–Crippen MR) is 94.8 cm³/mol. The van der Waals surface area contributed by atoms with E-state index in [0.717, 1.165) is 47.1 Å². The molecule has 8 heteroatoms. The van der Waals surface area contributed by atoms with E-state index in [9.17, 15) is 4.79 Å². The second-order valence-corrected chi connectivity index (χ2v) is 7.21. The molecule has 0 bridgehead atoms. The van der Waals surface area contributed by atoms with Gasteiger partial charge in [-0.25, -0.2) is 4.98 Å². The van der Waals surface area contributed by atoms with Crippen molar-refractivity contribution in [3.8, 4) is 0 Å². The number of ether oxygens (including phenoxy) is 1. The molecule has 0 saturated carbocycles. The first-order valence-electron chi connectivity index (χ1n) is 8.30. The van der Waals surface area contributed by atoms with Crippen LogP contribution in [-0.4, -0.2) is 32.1 Å². The van der Waals surface area contributed by atoms with E-state index in [0.29, 0.717) is 5.13 Å². The number of carbonyl (C=O) groups excluding carboxylic acids is 1. The molecule has 7 nitrogen and oxygen atoms in total. The van der Waals surface area contributed by atoms with Crippen molar-refractivity contribution in [2.45, 2.75) is 39.2 Å². The second-order valence-electron chi connectivity index (χ2n) is 6.20. The summed E-state index contributed by atoms with van der Waals surface area (Å²) in [5.74, 6) is -0.124. The molecule has 25 heavy (non-hydrogen) atoms. The van der Waals surface area contributed by atoms with Gasteiger partial charge in [0.1, 0.15) is 16.8 Å². The van der Waals surface area contributed by atoms with Crippen LogP contribution < -0.4 is 5.32 Å². The molecule has 1 atom stereocenters. The third kappa shape index (κ3) is 3.14. The van der Waals surface area contributed by atoms with Crippen molar-refractivity contribution >= 4 is 28.0 Å². The number of anilines is 1. The van der Waals surface area contributed by atoms with Crippen molar-refractivity contribution in [2.75, 3.05) is 11.9 Å². The molecule has 1 saturated heterocycles. The zero-order valence-corrected chi connectivity index (χ0v) is 15.0. The van der Waals surface area contributed by atoms with Gasteiger partial charge in [0.25, 0.3) is 0 Å². The molecule has 1 aliphatic rings. The number of amides is 1. The molecule has 4 heterocycles. The van der Waals surface area contributed by atoms with E-state index in [1.54, 1.807) is 0 Å². The molecule has 1 N–H and O–H groups in total. The lowest BCUT2D eigenvalue weighted by Crippen LogP contribution is -2.16. The standard InChI is InChI=1S/C17H19N5O2S/c1-10-5-3-7-22-12(11(2)18-15(10)22)9-14(23)19-17-21-20-16(25-17)13-6-4-8-24-13/h3,5,7,13H,4,6,8-9H2,1-2H3,(H,19,21,23). The van der Waals surface area contributed by atoms with E-state index in [1.807, 2.05) is 36.6 Å². The Morgan fingerprint density at radius 2 is 2.32 bits per heavy atom. The van der Waals surface area contributed by atoms with Gasteiger partial charge < -0.3 is 14.5 Å². The molecule has 0 spiro atoms. The highest BCUT2D eigenvalue weighted by molar-refractivity contribution is 7.15. The third-order valence-corrected chi connectivity index (χ3v) is 5.30. The van der Waals surface area contributed by atoms with Crippen LogP contribution in [0.2, 0.25) is 0 Å². The van der Waals surface area contributed by atoms with E-state index in [2.05, 4.69) is 20.5 Å². The summed E-state index contributed by atoms with van der Waals surface area (Å²) in [6.45, 7) is 4.70. The van der Waals surface area contributed by atoms with Crippen molar-refractivity contribution in [3.63, 3.8) is 0 Å². The number of rotatable bonds is 4. The first-order chi connectivity index (χ1) is 12.1. The molecule has 3 aromatic rings. The van der Waals surface area contributed by atoms with Gasteiger partial charge in [0, 0.05) is 12.8 Å². The Bertz CT molecular complexity index is 926. The number of aromatic nitrogens is 4. The van der Waals surface area contributed by atoms with Crippen LogP contribution in [0.4, 0.5) is 5.13 Å². The largest absolute Gasteiger partial charge is 0.371 e. The fourth-order valence-corrected chi connectivity index (χ4v) is 3.93. The van der Waals surface area contributed by atoms with E-state index in [-0.39, 0.29) is 18.4 Å². The van der Waals surface area contributed by atoms with Crippen molar-refractivity contribution < 1.29 is 9.53 Å². The molecule has 0 radical (unpaired) electrons. The molecule has 130 valence electrons. The number of carbonyl (C=O) groups is 1. The maximum Gasteiger partial charge on any atom is 0.232 e. The van der Waals surface area contributed by atoms with Gasteiger partial charge in [-0.15, -0.1) is 10.2 Å². The predicted octanol–water partition coefficient (Wildman–Crippen LogP) is 2.84. The fourth-order valence-electron chi connectivity index (χ4n) is 3.08. The Morgan fingerprint density at radius 1 is 1.44 bits per heavy atom. The minimum Gasteiger partial charge on any atom is -0.371 e. The molecule has 0 aliphatic carbocycles. The van der Waals surface area contributed by atoms with Crippen LogP contribution in [-0.2, 0) is 16.0 Å². The number of hydrogen-bond acceptors (Lipinski definition) is 6. The van der Waals surface area contributed by atoms with Crippen molar-refractivity contribution in [2.24, 2.45) is 0 Å². The van der Waals surface area contributed by atoms with Gasteiger partial charge in [-0.3, -0.25) is 4.79 Å². The molecule has 0 aromatic carbocycles. The van der Waals surface area contributed by atoms with E-state index >= 15 is 0 Å². The number of hydrogen-bond donors (Lipinski definition) is 1. The Kier molecular flexibility index (Phi) is 4.22. The van der Waals surface area contributed by atoms with Gasteiger partial charge in [-0.2, -0.15) is 0 Å². The summed E-state index contributed by atoms with van der Waals surface area (Å²) >= 11 is 1.38. The van der Waals surface area contributed by atoms with Gasteiger partial charge >= 0.3 is 0 Å². The zero-order chi connectivity index (χ0) is 17.4. The minimum absolute atomic E-state index is 0.0205. The van der Waals surface area contributed by atoms with E-state index in [1.165, 1.54) is 11.3 Å². The summed E-state index contributed by atoms with van der Waals surface area (Å²) in [6.07, 6.45) is 4.20. The van der Waals surface area contributed by atoms with Crippen LogP contribution in [0.3, 0.4) is 0 Å². The Morgan fingerprint density at radius 3 is 3.12 bits per heavy atom. The van der Waals surface area contributed by atoms with Crippen LogP contribution in [0.1, 0.15) is 40.9 Å². The zero-order valence-electron chi connectivity index (χ0n) is 14.2. The molecule has 1 aliphatic heterocycles. The molecule has 3 aromatic heterocycles. The molecule has 1 fully saturated rings. The highest BCUT2D eigenvalue weighted by atomic mass is 32.1. The smallest absolute Gasteiger partial charge is 0.232 e. The monoisotopic (exact) mass is 357 g/mol. The average molecular weight is 357 g/mol. The van der Waals surface area contributed by atoms with E-state index < -0.39 is 0 Å². The number of nitrogens with one attached hydrogen (secondary N) is 1. The van der Waals surface area contributed by atoms with Crippen molar-refractivity contribution in [1.82, 2.24) is 19.6 Å². The Labute approximate surface area is 149 Å². The normalized spacial score (nSPS) is 17.3. The molecular formula is C17H19N5O2S. The van der Waals surface area contributed by atoms with Crippen LogP contribution in [0.25, 0.3) is 5.65 Å². The minimum atomic E-state index is -0.124. The van der Waals surface area contributed by atoms with E-state index in [4.69, 9.17) is 4.74 Å². The summed E-state index contributed by atoms with van der Waals surface area (Å²) in [6, 6.07) is 3.98. The van der Waals surface area contributed by atoms with Crippen LogP contribution in [0.15, 0.2) is 18.3 Å². The van der Waals surface area contributed by atoms with Gasteiger partial charge in [0.2, 0.25) is 11.0 Å². The maximum atomic E-state index is 12.4. The number of aryl methyl sites for hydroxylation is 2. The van der Waals surface area contributed by atoms with Gasteiger partial charge in [0.05, 0.1) is 17.8 Å². The number of pyridine rings is 1. The number of imidazole rings is 1. The first kappa shape index (κ1) is 16.2. The van der Waals surface area contributed by atoms with Crippen LogP contribution in [0.5, 0.6) is 0 Å². The van der Waals surface area contributed by atoms with Gasteiger partial charge in [0.15, 0.2) is 0 Å². The summed E-state index contributed by atoms with van der Waals surface area (Å²) < 4.78 is 7.58. The third-order valence-electron chi connectivity index (χ3n) is 4.36. The maximum absolute atomic E-state index is 12.4. The van der Waals surface area contributed by atoms with Crippen molar-refractivity contribution in [1.29, 1.82) is 0 Å².